The molecular weight excluding hydrogens is 708 g/mol. The van der Waals surface area contributed by atoms with Gasteiger partial charge >= 0.3 is 0 Å². The van der Waals surface area contributed by atoms with Crippen molar-refractivity contribution < 1.29 is 36.7 Å². The van der Waals surface area contributed by atoms with Gasteiger partial charge in [0, 0.05) is 24.1 Å². The van der Waals surface area contributed by atoms with Crippen LogP contribution in [0, 0.1) is 18.7 Å². The number of carbonyl (C=O) groups excluding carboxylic acids is 4. The van der Waals surface area contributed by atoms with Crippen molar-refractivity contribution in [3.63, 3.8) is 0 Å². The Kier molecular flexibility index (Phi) is 9.95. The highest BCUT2D eigenvalue weighted by Gasteiger charge is 2.62. The number of allylic oxidation sites excluding steroid dienone is 1. The Morgan fingerprint density at radius 1 is 1.09 bits per heavy atom. The number of ether oxygens (including phenoxy) is 1. The molecule has 4 heterocycles. The van der Waals surface area contributed by atoms with Crippen LogP contribution in [0.3, 0.4) is 0 Å². The number of H-pyrrole nitrogens is 1. The van der Waals surface area contributed by atoms with Crippen molar-refractivity contribution in [2.24, 2.45) is 5.92 Å². The Morgan fingerprint density at radius 3 is 2.64 bits per heavy atom. The van der Waals surface area contributed by atoms with Crippen molar-refractivity contribution in [1.82, 2.24) is 40.4 Å². The summed E-state index contributed by atoms with van der Waals surface area (Å²) in [5, 5.41) is 11.8. The number of hydrogen-bond donors (Lipinski definition) is 4. The van der Waals surface area contributed by atoms with E-state index in [1.807, 2.05) is 19.1 Å². The van der Waals surface area contributed by atoms with Crippen LogP contribution in [0.5, 0.6) is 5.88 Å². The van der Waals surface area contributed by atoms with Gasteiger partial charge < -0.3 is 20.3 Å². The monoisotopic (exact) mass is 750 g/mol. The molecule has 53 heavy (non-hydrogen) atoms. The molecule has 3 aromatic rings. The molecule has 7 rings (SSSR count). The molecule has 17 heteroatoms. The van der Waals surface area contributed by atoms with Crippen molar-refractivity contribution in [2.45, 2.75) is 107 Å². The molecule has 0 unspecified atom stereocenters. The van der Waals surface area contributed by atoms with Crippen molar-refractivity contribution in [1.29, 1.82) is 0 Å². The second-order valence-corrected chi connectivity index (χ2v) is 16.4. The maximum atomic E-state index is 14.5. The summed E-state index contributed by atoms with van der Waals surface area (Å²) in [6.07, 6.45) is 7.62. The summed E-state index contributed by atoms with van der Waals surface area (Å²) in [5.41, 5.74) is 0.509. The number of nitrogens with one attached hydrogen (secondary N) is 4. The molecule has 15 nitrogen and oxygen atoms in total. The van der Waals surface area contributed by atoms with Crippen molar-refractivity contribution in [2.75, 3.05) is 6.54 Å². The summed E-state index contributed by atoms with van der Waals surface area (Å²) in [6, 6.07) is 3.45. The first-order chi connectivity index (χ1) is 25.4. The van der Waals surface area contributed by atoms with E-state index < -0.39 is 74.4 Å². The maximum Gasteiger partial charge on any atom is 0.272 e. The molecule has 5 atom stereocenters. The van der Waals surface area contributed by atoms with E-state index in [9.17, 15) is 32.0 Å². The zero-order valence-corrected chi connectivity index (χ0v) is 30.4. The van der Waals surface area contributed by atoms with E-state index in [-0.39, 0.29) is 36.5 Å². The normalized spacial score (nSPS) is 26.5. The lowest BCUT2D eigenvalue weighted by Crippen LogP contribution is -2.58. The number of hydrogen-bond acceptors (Lipinski definition) is 10. The van der Waals surface area contributed by atoms with Crippen LogP contribution >= 0.6 is 0 Å². The first-order valence-electron chi connectivity index (χ1n) is 18.2. The SMILES string of the molecule is CCc1nc2ccc(F)cc2nc1O[C@@H]1C[C@H]2C(=O)N[C@]3(C(=O)NS(=O)(=O)C4CC4)C[C@H]3C=CCCCCC[C@H](NC(=O)c3cc(C)[nH]n3)C(=O)N2C1. The van der Waals surface area contributed by atoms with Crippen LogP contribution in [0.1, 0.15) is 86.6 Å². The molecule has 282 valence electrons. The van der Waals surface area contributed by atoms with Crippen LogP contribution in [0.4, 0.5) is 4.39 Å². The zero-order chi connectivity index (χ0) is 37.5. The van der Waals surface area contributed by atoms with Crippen LogP contribution in [0.2, 0.25) is 0 Å². The number of halogens is 1. The Morgan fingerprint density at radius 2 is 1.91 bits per heavy atom. The average molecular weight is 751 g/mol. The number of fused-ring (bicyclic) bond motifs is 3. The Hall–Kier alpha value is -4.93. The second kappa shape index (κ2) is 14.5. The summed E-state index contributed by atoms with van der Waals surface area (Å²) in [4.78, 5) is 66.3. The van der Waals surface area contributed by atoms with E-state index >= 15 is 0 Å². The molecular formula is C36H43FN8O7S. The number of aromatic amines is 1. The molecule has 2 aromatic heterocycles. The summed E-state index contributed by atoms with van der Waals surface area (Å²) < 4.78 is 48.3. The van der Waals surface area contributed by atoms with Gasteiger partial charge in [-0.1, -0.05) is 31.9 Å². The highest BCUT2D eigenvalue weighted by molar-refractivity contribution is 7.91. The third-order valence-electron chi connectivity index (χ3n) is 10.4. The molecule has 4 N–H and O–H groups in total. The van der Waals surface area contributed by atoms with E-state index in [1.165, 1.54) is 23.1 Å². The predicted molar refractivity (Wildman–Crippen MR) is 189 cm³/mol. The van der Waals surface area contributed by atoms with Gasteiger partial charge in [0.15, 0.2) is 0 Å². The van der Waals surface area contributed by atoms with E-state index in [0.717, 1.165) is 12.8 Å². The minimum Gasteiger partial charge on any atom is -0.471 e. The van der Waals surface area contributed by atoms with Crippen LogP contribution in [-0.4, -0.2) is 92.6 Å². The average Bonchev–Trinajstić information content (AvgIpc) is 4.01. The largest absolute Gasteiger partial charge is 0.471 e. The van der Waals surface area contributed by atoms with E-state index in [4.69, 9.17) is 4.74 Å². The van der Waals surface area contributed by atoms with Crippen LogP contribution in [0.15, 0.2) is 36.4 Å². The quantitative estimate of drug-likeness (QED) is 0.248. The summed E-state index contributed by atoms with van der Waals surface area (Å²) in [7, 11) is -3.91. The Balaban J connectivity index is 1.20. The number of aryl methyl sites for hydroxylation is 2. The molecule has 4 aliphatic rings. The molecule has 0 radical (unpaired) electrons. The van der Waals surface area contributed by atoms with Gasteiger partial charge in [0.25, 0.3) is 11.8 Å². The molecule has 1 aromatic carbocycles. The summed E-state index contributed by atoms with van der Waals surface area (Å²) in [6.45, 7) is 3.54. The molecule has 3 fully saturated rings. The molecule has 2 saturated carbocycles. The van der Waals surface area contributed by atoms with Gasteiger partial charge in [-0.2, -0.15) is 5.10 Å². The van der Waals surface area contributed by atoms with Gasteiger partial charge in [-0.3, -0.25) is 29.0 Å². The minimum absolute atomic E-state index is 0.0125. The molecule has 4 amide bonds. The highest BCUT2D eigenvalue weighted by Crippen LogP contribution is 2.46. The van der Waals surface area contributed by atoms with Gasteiger partial charge in [-0.05, 0) is 70.1 Å². The number of benzene rings is 1. The number of sulfonamides is 1. The van der Waals surface area contributed by atoms with Crippen LogP contribution in [-0.2, 0) is 30.8 Å². The van der Waals surface area contributed by atoms with Crippen LogP contribution in [0.25, 0.3) is 11.0 Å². The maximum absolute atomic E-state index is 14.5. The Labute approximate surface area is 306 Å². The minimum atomic E-state index is -3.91. The number of rotatable bonds is 8. The number of amides is 4. The van der Waals surface area contributed by atoms with E-state index in [0.29, 0.717) is 55.4 Å². The molecule has 1 saturated heterocycles. The van der Waals surface area contributed by atoms with Crippen molar-refractivity contribution in [3.05, 3.63) is 59.3 Å². The van der Waals surface area contributed by atoms with Gasteiger partial charge in [0.1, 0.15) is 40.9 Å². The number of nitrogens with zero attached hydrogens (tertiary/aromatic N) is 4. The first kappa shape index (κ1) is 36.4. The third-order valence-corrected chi connectivity index (χ3v) is 12.2. The van der Waals surface area contributed by atoms with E-state index in [2.05, 4.69) is 35.5 Å². The van der Waals surface area contributed by atoms with Gasteiger partial charge in [-0.15, -0.1) is 0 Å². The zero-order valence-electron chi connectivity index (χ0n) is 29.6. The number of carbonyl (C=O) groups is 4. The van der Waals surface area contributed by atoms with Gasteiger partial charge in [-0.25, -0.2) is 22.8 Å². The lowest BCUT2D eigenvalue weighted by atomic mass is 10.0. The Bertz CT molecular complexity index is 2090. The van der Waals surface area contributed by atoms with E-state index in [1.54, 1.807) is 13.0 Å². The molecule has 2 aliphatic carbocycles. The molecule has 2 aliphatic heterocycles. The molecule has 0 bridgehead atoms. The van der Waals surface area contributed by atoms with Crippen molar-refractivity contribution in [3.8, 4) is 5.88 Å². The topological polar surface area (TPSA) is 205 Å². The standard InChI is InChI=1S/C36H43FN8O7S/c1-3-25-33(40-28-16-22(37)11-14-26(28)38-25)52-23-17-30-32(47)41-36(35(49)44-53(50,51)24-12-13-24)18-21(36)9-7-5-4-6-8-10-27(34(48)45(30)19-23)39-31(46)29-15-20(2)42-43-29/h7,9,11,14-16,21,23-24,27,30H,3-6,8,10,12-13,17-19H2,1-2H3,(H,39,46)(H,41,47)(H,42,43)(H,44,49)/t21-,23-,27+,30+,36-/m1/s1. The fourth-order valence-electron chi connectivity index (χ4n) is 7.14. The summed E-state index contributed by atoms with van der Waals surface area (Å²) in [5.74, 6) is -3.36. The number of aromatic nitrogens is 4. The van der Waals surface area contributed by atoms with Gasteiger partial charge in [0.2, 0.25) is 27.7 Å². The lowest BCUT2D eigenvalue weighted by molar-refractivity contribution is -0.141. The molecule has 0 spiro atoms. The fourth-order valence-corrected chi connectivity index (χ4v) is 8.51. The smallest absolute Gasteiger partial charge is 0.272 e. The highest BCUT2D eigenvalue weighted by atomic mass is 32.2. The predicted octanol–water partition coefficient (Wildman–Crippen LogP) is 2.51. The second-order valence-electron chi connectivity index (χ2n) is 14.4. The summed E-state index contributed by atoms with van der Waals surface area (Å²) >= 11 is 0. The first-order valence-corrected chi connectivity index (χ1v) is 19.7. The van der Waals surface area contributed by atoms with Crippen molar-refractivity contribution >= 4 is 44.7 Å². The van der Waals surface area contributed by atoms with Gasteiger partial charge in [0.05, 0.1) is 22.8 Å². The van der Waals surface area contributed by atoms with Crippen LogP contribution < -0.4 is 20.1 Å². The lowest BCUT2D eigenvalue weighted by Gasteiger charge is -2.29. The third kappa shape index (κ3) is 7.75. The fraction of sp³-hybridized carbons (Fsp3) is 0.528.